The Kier molecular flexibility index (Phi) is 2.84. The Labute approximate surface area is 101 Å². The number of aromatic nitrogens is 1. The smallest absolute Gasteiger partial charge is 0.411 e. The van der Waals surface area contributed by atoms with Crippen LogP contribution in [0.15, 0.2) is 26.2 Å². The third-order valence-electron chi connectivity index (χ3n) is 2.38. The maximum atomic E-state index is 10.5. The second kappa shape index (κ2) is 4.32. The van der Waals surface area contributed by atoms with Gasteiger partial charge in [-0.05, 0) is 19.9 Å². The molecule has 0 radical (unpaired) electrons. The standard InChI is InChI=1S/C10H9N3O5/c1-5(11-14)9-6(2)18-12-10(9)7-3-4-8(17-7)13(15)16/h3-4,14H,1-2H3. The molecule has 0 fully saturated rings. The van der Waals surface area contributed by atoms with Gasteiger partial charge < -0.3 is 14.1 Å². The van der Waals surface area contributed by atoms with Crippen molar-refractivity contribution in [3.63, 3.8) is 0 Å². The number of rotatable bonds is 3. The molecule has 0 unspecified atom stereocenters. The van der Waals surface area contributed by atoms with Crippen molar-refractivity contribution in [1.82, 2.24) is 5.16 Å². The summed E-state index contributed by atoms with van der Waals surface area (Å²) in [5.74, 6) is 0.214. The number of nitro groups is 1. The van der Waals surface area contributed by atoms with Crippen LogP contribution in [0, 0.1) is 17.0 Å². The fourth-order valence-electron chi connectivity index (χ4n) is 1.57. The van der Waals surface area contributed by atoms with E-state index in [1.165, 1.54) is 12.1 Å². The van der Waals surface area contributed by atoms with Crippen LogP contribution in [0.5, 0.6) is 0 Å². The molecule has 8 nitrogen and oxygen atoms in total. The summed E-state index contributed by atoms with van der Waals surface area (Å²) in [6, 6.07) is 2.62. The lowest BCUT2D eigenvalue weighted by Gasteiger charge is -1.96. The van der Waals surface area contributed by atoms with Crippen molar-refractivity contribution in [2.24, 2.45) is 5.16 Å². The molecule has 0 saturated heterocycles. The summed E-state index contributed by atoms with van der Waals surface area (Å²) in [5.41, 5.74) is 0.987. The van der Waals surface area contributed by atoms with Gasteiger partial charge in [-0.1, -0.05) is 10.3 Å². The number of hydrogen-bond acceptors (Lipinski definition) is 7. The maximum Gasteiger partial charge on any atom is 0.433 e. The van der Waals surface area contributed by atoms with Gasteiger partial charge in [-0.15, -0.1) is 0 Å². The number of aryl methyl sites for hydroxylation is 1. The van der Waals surface area contributed by atoms with E-state index in [0.29, 0.717) is 11.3 Å². The molecule has 0 aromatic carbocycles. The minimum Gasteiger partial charge on any atom is -0.411 e. The lowest BCUT2D eigenvalue weighted by molar-refractivity contribution is -0.401. The van der Waals surface area contributed by atoms with Gasteiger partial charge in [0, 0.05) is 0 Å². The van der Waals surface area contributed by atoms with Crippen LogP contribution in [-0.4, -0.2) is 21.0 Å². The van der Waals surface area contributed by atoms with Crippen LogP contribution in [0.4, 0.5) is 5.88 Å². The van der Waals surface area contributed by atoms with Crippen molar-refractivity contribution in [1.29, 1.82) is 0 Å². The van der Waals surface area contributed by atoms with Crippen LogP contribution in [-0.2, 0) is 0 Å². The van der Waals surface area contributed by atoms with E-state index in [4.69, 9.17) is 14.1 Å². The summed E-state index contributed by atoms with van der Waals surface area (Å²) < 4.78 is 9.99. The van der Waals surface area contributed by atoms with Crippen molar-refractivity contribution in [2.45, 2.75) is 13.8 Å². The van der Waals surface area contributed by atoms with E-state index in [0.717, 1.165) is 0 Å². The highest BCUT2D eigenvalue weighted by Gasteiger charge is 2.22. The Bertz CT molecular complexity index is 625. The van der Waals surface area contributed by atoms with E-state index in [2.05, 4.69) is 10.3 Å². The first kappa shape index (κ1) is 11.8. The van der Waals surface area contributed by atoms with Crippen LogP contribution < -0.4 is 0 Å². The number of furan rings is 1. The van der Waals surface area contributed by atoms with Crippen molar-refractivity contribution < 1.29 is 19.1 Å². The van der Waals surface area contributed by atoms with Crippen LogP contribution in [0.1, 0.15) is 18.2 Å². The van der Waals surface area contributed by atoms with E-state index < -0.39 is 10.8 Å². The Morgan fingerprint density at radius 3 is 2.83 bits per heavy atom. The molecule has 0 aliphatic carbocycles. The minimum atomic E-state index is -0.650. The summed E-state index contributed by atoms with van der Waals surface area (Å²) in [6.07, 6.45) is 0. The van der Waals surface area contributed by atoms with Gasteiger partial charge in [0.15, 0.2) is 11.5 Å². The largest absolute Gasteiger partial charge is 0.433 e. The molecule has 94 valence electrons. The first-order valence-corrected chi connectivity index (χ1v) is 4.94. The Hall–Kier alpha value is -2.64. The Balaban J connectivity index is 2.54. The predicted molar refractivity (Wildman–Crippen MR) is 59.6 cm³/mol. The molecule has 1 N–H and O–H groups in total. The van der Waals surface area contributed by atoms with Gasteiger partial charge in [-0.3, -0.25) is 10.1 Å². The predicted octanol–water partition coefficient (Wildman–Crippen LogP) is 2.35. The monoisotopic (exact) mass is 251 g/mol. The quantitative estimate of drug-likeness (QED) is 0.387. The lowest BCUT2D eigenvalue weighted by Crippen LogP contribution is -1.97. The molecule has 0 aliphatic rings. The zero-order chi connectivity index (χ0) is 13.3. The van der Waals surface area contributed by atoms with Gasteiger partial charge in [0.25, 0.3) is 0 Å². The molecular formula is C10H9N3O5. The average Bonchev–Trinajstić information content (AvgIpc) is 2.94. The highest BCUT2D eigenvalue weighted by molar-refractivity contribution is 6.03. The molecule has 0 amide bonds. The number of hydrogen-bond donors (Lipinski definition) is 1. The van der Waals surface area contributed by atoms with Crippen LogP contribution in [0.3, 0.4) is 0 Å². The van der Waals surface area contributed by atoms with Crippen LogP contribution in [0.2, 0.25) is 0 Å². The molecule has 18 heavy (non-hydrogen) atoms. The first-order valence-electron chi connectivity index (χ1n) is 4.94. The Morgan fingerprint density at radius 2 is 2.28 bits per heavy atom. The minimum absolute atomic E-state index is 0.177. The van der Waals surface area contributed by atoms with Gasteiger partial charge in [0.1, 0.15) is 10.7 Å². The third kappa shape index (κ3) is 1.83. The zero-order valence-corrected chi connectivity index (χ0v) is 9.58. The summed E-state index contributed by atoms with van der Waals surface area (Å²) in [4.78, 5) is 9.88. The van der Waals surface area contributed by atoms with Crippen molar-refractivity contribution in [2.75, 3.05) is 0 Å². The number of oxime groups is 1. The molecule has 2 aromatic rings. The molecule has 0 saturated carbocycles. The molecule has 8 heteroatoms. The summed E-state index contributed by atoms with van der Waals surface area (Å²) in [5, 5.41) is 26.1. The van der Waals surface area contributed by atoms with Crippen molar-refractivity contribution in [3.05, 3.63) is 33.6 Å². The highest BCUT2D eigenvalue weighted by atomic mass is 16.6. The molecule has 2 heterocycles. The van der Waals surface area contributed by atoms with E-state index >= 15 is 0 Å². The van der Waals surface area contributed by atoms with Crippen molar-refractivity contribution in [3.8, 4) is 11.5 Å². The van der Waals surface area contributed by atoms with E-state index in [1.54, 1.807) is 13.8 Å². The van der Waals surface area contributed by atoms with Gasteiger partial charge in [-0.25, -0.2) is 0 Å². The summed E-state index contributed by atoms with van der Waals surface area (Å²) >= 11 is 0. The molecule has 0 atom stereocenters. The lowest BCUT2D eigenvalue weighted by atomic mass is 10.1. The third-order valence-corrected chi connectivity index (χ3v) is 2.38. The van der Waals surface area contributed by atoms with Crippen molar-refractivity contribution >= 4 is 11.6 Å². The number of nitrogens with zero attached hydrogens (tertiary/aromatic N) is 3. The summed E-state index contributed by atoms with van der Waals surface area (Å²) in [7, 11) is 0. The van der Waals surface area contributed by atoms with E-state index in [1.807, 2.05) is 0 Å². The fourth-order valence-corrected chi connectivity index (χ4v) is 1.57. The average molecular weight is 251 g/mol. The van der Waals surface area contributed by atoms with E-state index in [-0.39, 0.29) is 17.2 Å². The molecule has 2 rings (SSSR count). The first-order chi connectivity index (χ1) is 8.54. The second-order valence-corrected chi connectivity index (χ2v) is 3.54. The van der Waals surface area contributed by atoms with Gasteiger partial charge in [0.05, 0.1) is 17.3 Å². The van der Waals surface area contributed by atoms with Crippen LogP contribution in [0.25, 0.3) is 11.5 Å². The van der Waals surface area contributed by atoms with Gasteiger partial charge in [-0.2, -0.15) is 0 Å². The maximum absolute atomic E-state index is 10.5. The molecule has 0 spiro atoms. The topological polar surface area (TPSA) is 115 Å². The highest BCUT2D eigenvalue weighted by Crippen LogP contribution is 2.29. The second-order valence-electron chi connectivity index (χ2n) is 3.54. The molecule has 0 bridgehead atoms. The normalized spacial score (nSPS) is 11.8. The zero-order valence-electron chi connectivity index (χ0n) is 9.58. The van der Waals surface area contributed by atoms with Gasteiger partial charge in [0.2, 0.25) is 0 Å². The Morgan fingerprint density at radius 1 is 1.56 bits per heavy atom. The van der Waals surface area contributed by atoms with E-state index in [9.17, 15) is 10.1 Å². The fraction of sp³-hybridized carbons (Fsp3) is 0.200. The molecular weight excluding hydrogens is 242 g/mol. The molecule has 0 aliphatic heterocycles. The summed E-state index contributed by atoms with van der Waals surface area (Å²) in [6.45, 7) is 3.19. The molecule has 2 aromatic heterocycles. The van der Waals surface area contributed by atoms with Crippen LogP contribution >= 0.6 is 0 Å². The van der Waals surface area contributed by atoms with Gasteiger partial charge >= 0.3 is 5.88 Å². The SMILES string of the molecule is CC(=NO)c1c(-c2ccc([N+](=O)[O-])o2)noc1C.